The number of hydrogen-bond donors (Lipinski definition) is 2. The van der Waals surface area contributed by atoms with Crippen molar-refractivity contribution >= 4 is 23.5 Å². The summed E-state index contributed by atoms with van der Waals surface area (Å²) < 4.78 is 25.8. The lowest BCUT2D eigenvalue weighted by atomic mass is 9.64. The van der Waals surface area contributed by atoms with E-state index in [0.717, 1.165) is 0 Å². The summed E-state index contributed by atoms with van der Waals surface area (Å²) in [6, 6.07) is 0. The standard InChI is InChI=1S/C29H34O10/c1-13(22(32)33)10-15-19-20-25(4,23(34)26(19,5)35)8-9-27-12-28-16(24(2,3)37-17(28)11-18(30)38-28)7-6-14(27)21(31)29(20,36-15)39-27/h6,10,15-17,19-20,35H,7-9,11-12H2,1-5H3,(H,32,33). The molecule has 5 heterocycles. The van der Waals surface area contributed by atoms with Gasteiger partial charge >= 0.3 is 11.9 Å². The summed E-state index contributed by atoms with van der Waals surface area (Å²) >= 11 is 0. The number of rotatable bonds is 2. The summed E-state index contributed by atoms with van der Waals surface area (Å²) in [6.07, 6.45) is 3.07. The highest BCUT2D eigenvalue weighted by Crippen LogP contribution is 2.71. The van der Waals surface area contributed by atoms with E-state index in [9.17, 15) is 29.4 Å². The third-order valence-electron chi connectivity index (χ3n) is 11.1. The molecule has 5 saturated heterocycles. The van der Waals surface area contributed by atoms with Crippen LogP contribution in [0.15, 0.2) is 23.3 Å². The van der Waals surface area contributed by atoms with E-state index in [0.29, 0.717) is 24.8 Å². The van der Waals surface area contributed by atoms with Crippen LogP contribution in [0.2, 0.25) is 0 Å². The number of esters is 1. The third kappa shape index (κ3) is 2.76. The molecule has 2 aliphatic carbocycles. The number of hydrogen-bond acceptors (Lipinski definition) is 9. The van der Waals surface area contributed by atoms with Gasteiger partial charge in [-0.1, -0.05) is 13.0 Å². The first kappa shape index (κ1) is 25.6. The van der Waals surface area contributed by atoms with Crippen LogP contribution in [0.5, 0.6) is 0 Å². The molecule has 39 heavy (non-hydrogen) atoms. The number of carbonyl (C=O) groups is 4. The van der Waals surface area contributed by atoms with Crippen LogP contribution in [0.25, 0.3) is 0 Å². The summed E-state index contributed by atoms with van der Waals surface area (Å²) in [5.41, 5.74) is -5.37. The van der Waals surface area contributed by atoms with Gasteiger partial charge in [-0.3, -0.25) is 14.4 Å². The fourth-order valence-corrected chi connectivity index (χ4v) is 9.60. The molecule has 6 fully saturated rings. The van der Waals surface area contributed by atoms with E-state index >= 15 is 0 Å². The minimum atomic E-state index is -1.88. The zero-order valence-electron chi connectivity index (χ0n) is 22.7. The summed E-state index contributed by atoms with van der Waals surface area (Å²) in [5.74, 6) is -6.11. The molecule has 3 spiro atoms. The highest BCUT2D eigenvalue weighted by molar-refractivity contribution is 6.08. The molecule has 0 aromatic heterocycles. The lowest BCUT2D eigenvalue weighted by Gasteiger charge is -2.40. The van der Waals surface area contributed by atoms with Crippen LogP contribution in [0.3, 0.4) is 0 Å². The predicted octanol–water partition coefficient (Wildman–Crippen LogP) is 2.02. The molecule has 0 aromatic carbocycles. The van der Waals surface area contributed by atoms with E-state index in [1.807, 2.05) is 19.9 Å². The first-order chi connectivity index (χ1) is 18.0. The van der Waals surface area contributed by atoms with Crippen molar-refractivity contribution in [1.29, 1.82) is 0 Å². The molecular formula is C29H34O10. The van der Waals surface area contributed by atoms with Gasteiger partial charge in [-0.05, 0) is 53.0 Å². The maximum atomic E-state index is 14.5. The van der Waals surface area contributed by atoms with Crippen molar-refractivity contribution in [3.8, 4) is 0 Å². The fourth-order valence-electron chi connectivity index (χ4n) is 9.60. The normalized spacial score (nSPS) is 52.9. The summed E-state index contributed by atoms with van der Waals surface area (Å²) in [5, 5.41) is 21.1. The number of aliphatic carboxylic acids is 1. The minimum Gasteiger partial charge on any atom is -0.478 e. The Kier molecular flexibility index (Phi) is 4.64. The van der Waals surface area contributed by atoms with Crippen molar-refractivity contribution in [2.24, 2.45) is 23.2 Å². The average molecular weight is 543 g/mol. The number of carboxylic acids is 1. The SMILES string of the molecule is CC(=CC1OC23OC4(CCC5(C)C(=O)C(C)(O)C1C52)CC12OC(=O)CC1OC(C)(C)C2CC=C4C3=O)C(=O)O. The molecule has 1 saturated carbocycles. The Balaban J connectivity index is 1.41. The molecule has 5 aliphatic heterocycles. The first-order valence-corrected chi connectivity index (χ1v) is 13.8. The van der Waals surface area contributed by atoms with E-state index in [2.05, 4.69) is 0 Å². The van der Waals surface area contributed by atoms with Crippen LogP contribution in [-0.2, 0) is 38.1 Å². The first-order valence-electron chi connectivity index (χ1n) is 13.8. The Labute approximate surface area is 225 Å². The lowest BCUT2D eigenvalue weighted by molar-refractivity contribution is -0.252. The van der Waals surface area contributed by atoms with Gasteiger partial charge in [0.2, 0.25) is 11.6 Å². The van der Waals surface area contributed by atoms with Gasteiger partial charge in [0.25, 0.3) is 0 Å². The smallest absolute Gasteiger partial charge is 0.331 e. The van der Waals surface area contributed by atoms with Crippen LogP contribution in [0.1, 0.15) is 66.7 Å². The van der Waals surface area contributed by atoms with Gasteiger partial charge in [0.1, 0.15) is 22.9 Å². The van der Waals surface area contributed by atoms with Crippen LogP contribution >= 0.6 is 0 Å². The molecule has 0 aromatic rings. The average Bonchev–Trinajstić information content (AvgIpc) is 3.42. The zero-order chi connectivity index (χ0) is 28.1. The van der Waals surface area contributed by atoms with E-state index in [4.69, 9.17) is 18.9 Å². The number of carbonyl (C=O) groups excluding carboxylic acids is 3. The van der Waals surface area contributed by atoms with Crippen molar-refractivity contribution in [1.82, 2.24) is 0 Å². The zero-order valence-corrected chi connectivity index (χ0v) is 22.7. The minimum absolute atomic E-state index is 0.0221. The monoisotopic (exact) mass is 542 g/mol. The Bertz CT molecular complexity index is 1320. The molecule has 10 heteroatoms. The fraction of sp³-hybridized carbons (Fsp3) is 0.724. The molecule has 10 nitrogen and oxygen atoms in total. The van der Waals surface area contributed by atoms with E-state index in [-0.39, 0.29) is 30.3 Å². The maximum Gasteiger partial charge on any atom is 0.331 e. The number of allylic oxidation sites excluding steroid dienone is 1. The second-order valence-electron chi connectivity index (χ2n) is 13.7. The molecule has 10 unspecified atom stereocenters. The van der Waals surface area contributed by atoms with Crippen LogP contribution in [-0.4, -0.2) is 74.1 Å². The van der Waals surface area contributed by atoms with Crippen molar-refractivity contribution < 1.29 is 48.3 Å². The van der Waals surface area contributed by atoms with Gasteiger partial charge < -0.3 is 29.2 Å². The van der Waals surface area contributed by atoms with Gasteiger partial charge in [-0.25, -0.2) is 4.79 Å². The molecule has 2 bridgehead atoms. The van der Waals surface area contributed by atoms with Gasteiger partial charge in [0.05, 0.1) is 18.1 Å². The summed E-state index contributed by atoms with van der Waals surface area (Å²) in [7, 11) is 0. The molecule has 0 radical (unpaired) electrons. The second-order valence-corrected chi connectivity index (χ2v) is 13.7. The van der Waals surface area contributed by atoms with Crippen LogP contribution in [0.4, 0.5) is 0 Å². The molecular weight excluding hydrogens is 508 g/mol. The van der Waals surface area contributed by atoms with Gasteiger partial charge in [-0.2, -0.15) is 0 Å². The predicted molar refractivity (Wildman–Crippen MR) is 131 cm³/mol. The quantitative estimate of drug-likeness (QED) is 0.393. The number of ketones is 2. The largest absolute Gasteiger partial charge is 0.478 e. The lowest BCUT2D eigenvalue weighted by Crippen LogP contribution is -2.51. The Morgan fingerprint density at radius 2 is 1.82 bits per heavy atom. The molecule has 7 rings (SSSR count). The number of ether oxygens (including phenoxy) is 4. The van der Waals surface area contributed by atoms with Crippen molar-refractivity contribution in [2.45, 2.75) is 107 Å². The molecule has 0 amide bonds. The molecule has 10 atom stereocenters. The van der Waals surface area contributed by atoms with Crippen molar-refractivity contribution in [3.63, 3.8) is 0 Å². The van der Waals surface area contributed by atoms with Crippen LogP contribution in [0, 0.1) is 23.2 Å². The highest BCUT2D eigenvalue weighted by atomic mass is 16.7. The molecule has 7 aliphatic rings. The summed E-state index contributed by atoms with van der Waals surface area (Å²) in [4.78, 5) is 52.7. The number of aliphatic hydroxyl groups is 1. The van der Waals surface area contributed by atoms with Crippen molar-refractivity contribution in [2.75, 3.05) is 0 Å². The Morgan fingerprint density at radius 1 is 1.10 bits per heavy atom. The van der Waals surface area contributed by atoms with Crippen molar-refractivity contribution in [3.05, 3.63) is 23.3 Å². The van der Waals surface area contributed by atoms with Crippen LogP contribution < -0.4 is 0 Å². The van der Waals surface area contributed by atoms with E-state index in [1.54, 1.807) is 6.92 Å². The van der Waals surface area contributed by atoms with Gasteiger partial charge in [-0.15, -0.1) is 0 Å². The maximum absolute atomic E-state index is 14.5. The topological polar surface area (TPSA) is 146 Å². The number of Topliss-reactive ketones (excluding diaryl/α,β-unsaturated/α-hetero) is 2. The van der Waals surface area contributed by atoms with Gasteiger partial charge in [0.15, 0.2) is 5.78 Å². The third-order valence-corrected chi connectivity index (χ3v) is 11.1. The summed E-state index contributed by atoms with van der Waals surface area (Å²) in [6.45, 7) is 8.53. The van der Waals surface area contributed by atoms with E-state index in [1.165, 1.54) is 19.9 Å². The van der Waals surface area contributed by atoms with E-state index < -0.39 is 75.2 Å². The molecule has 210 valence electrons. The Hall–Kier alpha value is -2.40. The second kappa shape index (κ2) is 7.08. The highest BCUT2D eigenvalue weighted by Gasteiger charge is 2.83. The van der Waals surface area contributed by atoms with Gasteiger partial charge in [0, 0.05) is 40.7 Å². The molecule has 2 N–H and O–H groups in total. The Morgan fingerprint density at radius 3 is 2.51 bits per heavy atom. The number of carboxylic acid groups (broad SMARTS) is 1.